The van der Waals surface area contributed by atoms with E-state index in [-0.39, 0.29) is 0 Å². The van der Waals surface area contributed by atoms with Crippen LogP contribution < -0.4 is 15.1 Å². The highest BCUT2D eigenvalue weighted by atomic mass is 16.5. The summed E-state index contributed by atoms with van der Waals surface area (Å²) in [5.74, 6) is 0.970. The number of hydrogen-bond donors (Lipinski definition) is 1. The Morgan fingerprint density at radius 3 is 2.68 bits per heavy atom. The molecular weight excluding hydrogens is 390 g/mol. The maximum Gasteiger partial charge on any atom is 0.128 e. The molecule has 31 heavy (non-hydrogen) atoms. The summed E-state index contributed by atoms with van der Waals surface area (Å²) >= 11 is 0. The molecule has 1 N–H and O–H groups in total. The van der Waals surface area contributed by atoms with Crippen LogP contribution in [0, 0.1) is 0 Å². The van der Waals surface area contributed by atoms with Crippen molar-refractivity contribution in [3.8, 4) is 0 Å². The van der Waals surface area contributed by atoms with Crippen LogP contribution in [-0.2, 0) is 4.74 Å². The average molecular weight is 426 g/mol. The first kappa shape index (κ1) is 20.6. The number of pyridine rings is 1. The number of likely N-dealkylation sites (tertiary alicyclic amines) is 1. The van der Waals surface area contributed by atoms with Crippen LogP contribution in [0.2, 0.25) is 0 Å². The number of aromatic nitrogens is 3. The molecule has 2 aromatic rings. The maximum absolute atomic E-state index is 5.48. The van der Waals surface area contributed by atoms with E-state index in [9.17, 15) is 0 Å². The Bertz CT molecular complexity index is 842. The molecular formula is C23H35N7O. The molecule has 1 atom stereocenters. The lowest BCUT2D eigenvalue weighted by molar-refractivity contribution is 0.122. The van der Waals surface area contributed by atoms with Crippen LogP contribution in [0.25, 0.3) is 0 Å². The van der Waals surface area contributed by atoms with Gasteiger partial charge in [-0.3, -0.25) is 4.68 Å². The first-order valence-corrected chi connectivity index (χ1v) is 11.8. The quantitative estimate of drug-likeness (QED) is 0.790. The van der Waals surface area contributed by atoms with E-state index in [1.165, 1.54) is 37.1 Å². The molecule has 5 heterocycles. The molecule has 0 saturated carbocycles. The zero-order chi connectivity index (χ0) is 21.0. The monoisotopic (exact) mass is 425 g/mol. The summed E-state index contributed by atoms with van der Waals surface area (Å²) in [7, 11) is 2.21. The minimum Gasteiger partial charge on any atom is -0.378 e. The standard InChI is InChI=1S/C23H35N7O/c1-27-9-5-20(6-10-27)30-18-22(16-25-30)29-8-2-3-19(17-29)26-23-15-21(4-7-24-23)28-11-13-31-14-12-28/h4,7,15-16,18-20H,2-3,5-6,8-14,17H2,1H3,(H,24,26)/t19-/m1/s1. The van der Waals surface area contributed by atoms with Gasteiger partial charge < -0.3 is 24.8 Å². The largest absolute Gasteiger partial charge is 0.378 e. The molecule has 2 aromatic heterocycles. The fourth-order valence-corrected chi connectivity index (χ4v) is 5.01. The predicted octanol–water partition coefficient (Wildman–Crippen LogP) is 2.46. The van der Waals surface area contributed by atoms with E-state index in [1.54, 1.807) is 0 Å². The molecule has 5 rings (SSSR count). The van der Waals surface area contributed by atoms with Gasteiger partial charge in [-0.15, -0.1) is 0 Å². The number of morpholine rings is 1. The predicted molar refractivity (Wildman–Crippen MR) is 124 cm³/mol. The van der Waals surface area contributed by atoms with Gasteiger partial charge in [0, 0.05) is 56.4 Å². The average Bonchev–Trinajstić information content (AvgIpc) is 3.31. The van der Waals surface area contributed by atoms with Crippen LogP contribution in [0.5, 0.6) is 0 Å². The van der Waals surface area contributed by atoms with E-state index in [4.69, 9.17) is 9.84 Å². The molecule has 0 aromatic carbocycles. The van der Waals surface area contributed by atoms with Crippen LogP contribution in [0.15, 0.2) is 30.7 Å². The third-order valence-corrected chi connectivity index (χ3v) is 6.91. The summed E-state index contributed by atoms with van der Waals surface area (Å²) < 4.78 is 7.69. The normalized spacial score (nSPS) is 23.8. The summed E-state index contributed by atoms with van der Waals surface area (Å²) in [5, 5.41) is 8.41. The van der Waals surface area contributed by atoms with Crippen LogP contribution in [0.1, 0.15) is 31.7 Å². The smallest absolute Gasteiger partial charge is 0.128 e. The zero-order valence-corrected chi connectivity index (χ0v) is 18.6. The van der Waals surface area contributed by atoms with E-state index >= 15 is 0 Å². The van der Waals surface area contributed by atoms with Crippen molar-refractivity contribution in [3.05, 3.63) is 30.7 Å². The molecule has 3 fully saturated rings. The summed E-state index contributed by atoms with van der Waals surface area (Å²) in [6.45, 7) is 7.89. The van der Waals surface area contributed by atoms with Gasteiger partial charge in [-0.1, -0.05) is 0 Å². The number of rotatable bonds is 5. The van der Waals surface area contributed by atoms with Gasteiger partial charge in [0.1, 0.15) is 5.82 Å². The minimum atomic E-state index is 0.396. The Morgan fingerprint density at radius 1 is 1.00 bits per heavy atom. The first-order valence-electron chi connectivity index (χ1n) is 11.8. The Balaban J connectivity index is 1.20. The van der Waals surface area contributed by atoms with E-state index < -0.39 is 0 Å². The van der Waals surface area contributed by atoms with Gasteiger partial charge in [-0.05, 0) is 51.9 Å². The van der Waals surface area contributed by atoms with Crippen molar-refractivity contribution in [1.82, 2.24) is 19.7 Å². The molecule has 0 radical (unpaired) electrons. The molecule has 3 aliphatic heterocycles. The second-order valence-electron chi connectivity index (χ2n) is 9.14. The van der Waals surface area contributed by atoms with Crippen molar-refractivity contribution in [1.29, 1.82) is 0 Å². The third-order valence-electron chi connectivity index (χ3n) is 6.91. The topological polar surface area (TPSA) is 61.7 Å². The van der Waals surface area contributed by atoms with Crippen LogP contribution in [-0.4, -0.2) is 85.2 Å². The molecule has 0 spiro atoms. The molecule has 3 aliphatic rings. The van der Waals surface area contributed by atoms with Crippen LogP contribution in [0.3, 0.4) is 0 Å². The maximum atomic E-state index is 5.48. The highest BCUT2D eigenvalue weighted by Crippen LogP contribution is 2.26. The van der Waals surface area contributed by atoms with Gasteiger partial charge in [0.25, 0.3) is 0 Å². The number of hydrogen-bond acceptors (Lipinski definition) is 7. The number of nitrogens with zero attached hydrogens (tertiary/aromatic N) is 6. The zero-order valence-electron chi connectivity index (χ0n) is 18.6. The van der Waals surface area contributed by atoms with Crippen LogP contribution in [0.4, 0.5) is 17.2 Å². The molecule has 8 heteroatoms. The first-order chi connectivity index (χ1) is 15.2. The summed E-state index contributed by atoms with van der Waals surface area (Å²) in [6.07, 6.45) is 11.0. The van der Waals surface area contributed by atoms with Crippen molar-refractivity contribution in [2.24, 2.45) is 0 Å². The SMILES string of the molecule is CN1CCC(n2cc(N3CCC[C@@H](Nc4cc(N5CCOCC5)ccn4)C3)cn2)CC1. The second-order valence-corrected chi connectivity index (χ2v) is 9.14. The number of nitrogens with one attached hydrogen (secondary N) is 1. The van der Waals surface area contributed by atoms with E-state index in [0.717, 1.165) is 58.3 Å². The summed E-state index contributed by atoms with van der Waals surface area (Å²) in [5.41, 5.74) is 2.48. The molecule has 0 amide bonds. The van der Waals surface area contributed by atoms with E-state index in [0.29, 0.717) is 12.1 Å². The third kappa shape index (κ3) is 4.96. The van der Waals surface area contributed by atoms with Gasteiger partial charge in [0.2, 0.25) is 0 Å². The number of anilines is 3. The van der Waals surface area contributed by atoms with Gasteiger partial charge in [0.15, 0.2) is 0 Å². The Kier molecular flexibility index (Phi) is 6.27. The lowest BCUT2D eigenvalue weighted by Crippen LogP contribution is -2.42. The second kappa shape index (κ2) is 9.44. The van der Waals surface area contributed by atoms with Crippen molar-refractivity contribution in [3.63, 3.8) is 0 Å². The van der Waals surface area contributed by atoms with Crippen molar-refractivity contribution < 1.29 is 4.74 Å². The Labute approximate surface area is 185 Å². The van der Waals surface area contributed by atoms with Crippen molar-refractivity contribution in [2.45, 2.75) is 37.8 Å². The highest BCUT2D eigenvalue weighted by Gasteiger charge is 2.24. The van der Waals surface area contributed by atoms with Crippen molar-refractivity contribution >= 4 is 17.2 Å². The highest BCUT2D eigenvalue weighted by molar-refractivity contribution is 5.55. The van der Waals surface area contributed by atoms with Gasteiger partial charge >= 0.3 is 0 Å². The van der Waals surface area contributed by atoms with Crippen LogP contribution >= 0.6 is 0 Å². The molecule has 3 saturated heterocycles. The molecule has 0 bridgehead atoms. The number of ether oxygens (including phenoxy) is 1. The lowest BCUT2D eigenvalue weighted by Gasteiger charge is -2.34. The molecule has 8 nitrogen and oxygen atoms in total. The molecule has 0 aliphatic carbocycles. The molecule has 168 valence electrons. The summed E-state index contributed by atoms with van der Waals surface area (Å²) in [6, 6.07) is 5.22. The van der Waals surface area contributed by atoms with Gasteiger partial charge in [0.05, 0.1) is 31.1 Å². The minimum absolute atomic E-state index is 0.396. The van der Waals surface area contributed by atoms with Gasteiger partial charge in [-0.2, -0.15) is 5.10 Å². The Morgan fingerprint density at radius 2 is 1.84 bits per heavy atom. The lowest BCUT2D eigenvalue weighted by atomic mass is 10.1. The molecule has 0 unspecified atom stereocenters. The van der Waals surface area contributed by atoms with E-state index in [2.05, 4.69) is 61.3 Å². The van der Waals surface area contributed by atoms with E-state index in [1.807, 2.05) is 6.20 Å². The summed E-state index contributed by atoms with van der Waals surface area (Å²) in [4.78, 5) is 11.8. The van der Waals surface area contributed by atoms with Crippen molar-refractivity contribution in [2.75, 3.05) is 74.6 Å². The fraction of sp³-hybridized carbons (Fsp3) is 0.652. The fourth-order valence-electron chi connectivity index (χ4n) is 5.01. The Hall–Kier alpha value is -2.32. The van der Waals surface area contributed by atoms with Gasteiger partial charge in [-0.25, -0.2) is 4.98 Å². The number of piperidine rings is 2.